The number of fused-ring (bicyclic) bond motifs is 1. The molecule has 4 heteroatoms. The molecule has 2 heterocycles. The molecule has 0 fully saturated rings. The number of nitrogens with zero attached hydrogens (tertiary/aromatic N) is 2. The van der Waals surface area contributed by atoms with Crippen LogP contribution in [0.5, 0.6) is 5.75 Å². The molecule has 0 saturated heterocycles. The fourth-order valence-electron chi connectivity index (χ4n) is 1.82. The Hall–Kier alpha value is -2.28. The van der Waals surface area contributed by atoms with Crippen molar-refractivity contribution in [2.24, 2.45) is 5.41 Å². The van der Waals surface area contributed by atoms with E-state index in [1.165, 1.54) is 6.08 Å². The van der Waals surface area contributed by atoms with Gasteiger partial charge in [-0.15, -0.1) is 0 Å². The summed E-state index contributed by atoms with van der Waals surface area (Å²) >= 11 is 0. The van der Waals surface area contributed by atoms with E-state index in [1.54, 1.807) is 6.20 Å². The highest BCUT2D eigenvalue weighted by Gasteiger charge is 2.12. The summed E-state index contributed by atoms with van der Waals surface area (Å²) in [5.41, 5.74) is 2.07. The molecule has 0 aromatic carbocycles. The molecule has 0 aliphatic rings. The van der Waals surface area contributed by atoms with Crippen molar-refractivity contribution in [3.63, 3.8) is 0 Å². The van der Waals surface area contributed by atoms with Gasteiger partial charge in [0.15, 0.2) is 0 Å². The molecule has 0 unspecified atom stereocenters. The maximum Gasteiger partial charge on any atom is 0.138 e. The van der Waals surface area contributed by atoms with Gasteiger partial charge in [0.25, 0.3) is 0 Å². The molecule has 2 aromatic rings. The Bertz CT molecular complexity index is 656. The smallest absolute Gasteiger partial charge is 0.138 e. The summed E-state index contributed by atoms with van der Waals surface area (Å²) in [6.45, 7) is 7.04. The van der Waals surface area contributed by atoms with Crippen LogP contribution in [0.2, 0.25) is 0 Å². The summed E-state index contributed by atoms with van der Waals surface area (Å²) in [5, 5.41) is 9.56. The molecule has 0 amide bonds. The van der Waals surface area contributed by atoms with E-state index in [0.717, 1.165) is 22.3 Å². The predicted molar refractivity (Wildman–Crippen MR) is 79.5 cm³/mol. The Balaban J connectivity index is 2.21. The summed E-state index contributed by atoms with van der Waals surface area (Å²) in [6, 6.07) is 4.00. The fraction of sp³-hybridized carbons (Fsp3) is 0.375. The van der Waals surface area contributed by atoms with Crippen molar-refractivity contribution >= 4 is 11.0 Å². The summed E-state index contributed by atoms with van der Waals surface area (Å²) < 4.78 is 5.78. The van der Waals surface area contributed by atoms with Gasteiger partial charge >= 0.3 is 0 Å². The van der Waals surface area contributed by atoms with Crippen molar-refractivity contribution in [1.29, 1.82) is 5.26 Å². The van der Waals surface area contributed by atoms with E-state index in [0.29, 0.717) is 13.0 Å². The van der Waals surface area contributed by atoms with Crippen molar-refractivity contribution in [2.45, 2.75) is 27.2 Å². The SMILES string of the molecule is CC(C)(C)COc1cnc2[nH]cc(C/C=C/C#N)c2c1. The van der Waals surface area contributed by atoms with Crippen molar-refractivity contribution in [2.75, 3.05) is 6.61 Å². The lowest BCUT2D eigenvalue weighted by Gasteiger charge is -2.18. The third-order valence-electron chi connectivity index (χ3n) is 2.79. The minimum Gasteiger partial charge on any atom is -0.491 e. The number of ether oxygens (including phenoxy) is 1. The van der Waals surface area contributed by atoms with Gasteiger partial charge in [-0.05, 0) is 23.5 Å². The van der Waals surface area contributed by atoms with E-state index in [1.807, 2.05) is 24.4 Å². The highest BCUT2D eigenvalue weighted by molar-refractivity contribution is 5.81. The number of nitrogens with one attached hydrogen (secondary N) is 1. The molecule has 4 nitrogen and oxygen atoms in total. The number of hydrogen-bond acceptors (Lipinski definition) is 3. The van der Waals surface area contributed by atoms with Crippen LogP contribution in [0, 0.1) is 16.7 Å². The Morgan fingerprint density at radius 3 is 2.95 bits per heavy atom. The van der Waals surface area contributed by atoms with E-state index in [2.05, 4.69) is 30.7 Å². The van der Waals surface area contributed by atoms with Gasteiger partial charge in [0.2, 0.25) is 0 Å². The van der Waals surface area contributed by atoms with Crippen molar-refractivity contribution in [3.05, 3.63) is 36.2 Å². The zero-order valence-electron chi connectivity index (χ0n) is 12.1. The Labute approximate surface area is 119 Å². The van der Waals surface area contributed by atoms with Gasteiger partial charge in [0.1, 0.15) is 11.4 Å². The maximum atomic E-state index is 8.52. The van der Waals surface area contributed by atoms with Gasteiger partial charge in [0, 0.05) is 17.7 Å². The zero-order chi connectivity index (χ0) is 14.6. The van der Waals surface area contributed by atoms with Crippen LogP contribution >= 0.6 is 0 Å². The standard InChI is InChI=1S/C16H19N3O/c1-16(2,3)11-20-13-8-14-12(6-4-5-7-17)9-18-15(14)19-10-13/h4-5,8-10H,6,11H2,1-3H3,(H,18,19)/b5-4+. The number of pyridine rings is 1. The van der Waals surface area contributed by atoms with Crippen LogP contribution in [0.25, 0.3) is 11.0 Å². The lowest BCUT2D eigenvalue weighted by molar-refractivity contribution is 0.197. The van der Waals surface area contributed by atoms with Crippen molar-refractivity contribution in [3.8, 4) is 11.8 Å². The minimum absolute atomic E-state index is 0.117. The van der Waals surface area contributed by atoms with Gasteiger partial charge in [-0.3, -0.25) is 0 Å². The molecule has 2 aromatic heterocycles. The number of rotatable bonds is 4. The monoisotopic (exact) mass is 269 g/mol. The number of aromatic amines is 1. The second-order valence-electron chi connectivity index (χ2n) is 5.97. The minimum atomic E-state index is 0.117. The first-order chi connectivity index (χ1) is 9.49. The molecule has 0 aliphatic carbocycles. The van der Waals surface area contributed by atoms with Gasteiger partial charge in [-0.25, -0.2) is 4.98 Å². The lowest BCUT2D eigenvalue weighted by Crippen LogP contribution is -2.16. The highest BCUT2D eigenvalue weighted by atomic mass is 16.5. The molecule has 0 atom stereocenters. The van der Waals surface area contributed by atoms with E-state index in [9.17, 15) is 0 Å². The third-order valence-corrected chi connectivity index (χ3v) is 2.79. The van der Waals surface area contributed by atoms with Crippen LogP contribution in [0.15, 0.2) is 30.6 Å². The molecule has 1 N–H and O–H groups in total. The lowest BCUT2D eigenvalue weighted by atomic mass is 9.99. The Morgan fingerprint density at radius 2 is 2.25 bits per heavy atom. The van der Waals surface area contributed by atoms with Gasteiger partial charge in [0.05, 0.1) is 18.9 Å². The normalized spacial score (nSPS) is 11.9. The van der Waals surface area contributed by atoms with Gasteiger partial charge < -0.3 is 9.72 Å². The molecule has 0 saturated carbocycles. The van der Waals surface area contributed by atoms with Gasteiger partial charge in [-0.2, -0.15) is 5.26 Å². The first-order valence-electron chi connectivity index (χ1n) is 6.63. The number of H-pyrrole nitrogens is 1. The van der Waals surface area contributed by atoms with Crippen LogP contribution in [-0.2, 0) is 6.42 Å². The van der Waals surface area contributed by atoms with Crippen molar-refractivity contribution in [1.82, 2.24) is 9.97 Å². The van der Waals surface area contributed by atoms with Crippen LogP contribution in [0.3, 0.4) is 0 Å². The second-order valence-corrected chi connectivity index (χ2v) is 5.97. The molecule has 0 radical (unpaired) electrons. The highest BCUT2D eigenvalue weighted by Crippen LogP contribution is 2.24. The maximum absolute atomic E-state index is 8.52. The number of nitriles is 1. The van der Waals surface area contributed by atoms with Crippen LogP contribution in [-0.4, -0.2) is 16.6 Å². The van der Waals surface area contributed by atoms with E-state index in [-0.39, 0.29) is 5.41 Å². The van der Waals surface area contributed by atoms with E-state index < -0.39 is 0 Å². The molecular weight excluding hydrogens is 250 g/mol. The zero-order valence-corrected chi connectivity index (χ0v) is 12.1. The van der Waals surface area contributed by atoms with Gasteiger partial charge in [-0.1, -0.05) is 26.8 Å². The van der Waals surface area contributed by atoms with Crippen LogP contribution in [0.4, 0.5) is 0 Å². The first-order valence-corrected chi connectivity index (χ1v) is 6.63. The molecule has 0 aliphatic heterocycles. The Morgan fingerprint density at radius 1 is 1.45 bits per heavy atom. The molecule has 2 rings (SSSR count). The summed E-state index contributed by atoms with van der Waals surface area (Å²) in [6.07, 6.45) is 7.70. The Kier molecular flexibility index (Phi) is 4.09. The quantitative estimate of drug-likeness (QED) is 0.862. The molecular formula is C16H19N3O. The number of aromatic nitrogens is 2. The molecule has 104 valence electrons. The average molecular weight is 269 g/mol. The topological polar surface area (TPSA) is 61.7 Å². The number of hydrogen-bond donors (Lipinski definition) is 1. The molecule has 0 spiro atoms. The molecule has 0 bridgehead atoms. The van der Waals surface area contributed by atoms with Crippen LogP contribution in [0.1, 0.15) is 26.3 Å². The van der Waals surface area contributed by atoms with E-state index >= 15 is 0 Å². The molecule has 20 heavy (non-hydrogen) atoms. The number of allylic oxidation sites excluding steroid dienone is 2. The summed E-state index contributed by atoms with van der Waals surface area (Å²) in [4.78, 5) is 7.49. The second kappa shape index (κ2) is 5.79. The average Bonchev–Trinajstić information content (AvgIpc) is 2.79. The van der Waals surface area contributed by atoms with E-state index in [4.69, 9.17) is 10.00 Å². The third kappa shape index (κ3) is 3.61. The fourth-order valence-corrected chi connectivity index (χ4v) is 1.82. The summed E-state index contributed by atoms with van der Waals surface area (Å²) in [5.74, 6) is 0.775. The predicted octanol–water partition coefficient (Wildman–Crippen LogP) is 3.61. The van der Waals surface area contributed by atoms with Crippen molar-refractivity contribution < 1.29 is 4.74 Å². The summed E-state index contributed by atoms with van der Waals surface area (Å²) in [7, 11) is 0. The first kappa shape index (κ1) is 14.1. The largest absolute Gasteiger partial charge is 0.491 e. The van der Waals surface area contributed by atoms with Crippen LogP contribution < -0.4 is 4.74 Å².